The van der Waals surface area contributed by atoms with Gasteiger partial charge in [-0.2, -0.15) is 0 Å². The third-order valence-corrected chi connectivity index (χ3v) is 4.14. The maximum absolute atomic E-state index is 12.0. The van der Waals surface area contributed by atoms with Crippen molar-refractivity contribution in [3.05, 3.63) is 18.2 Å². The van der Waals surface area contributed by atoms with E-state index in [-0.39, 0.29) is 11.8 Å². The average molecular weight is 279 g/mol. The van der Waals surface area contributed by atoms with Crippen molar-refractivity contribution >= 4 is 35.0 Å². The third kappa shape index (κ3) is 3.08. The lowest BCUT2D eigenvalue weighted by Gasteiger charge is -2.23. The summed E-state index contributed by atoms with van der Waals surface area (Å²) in [6, 6.07) is 5.53. The molecule has 102 valence electrons. The topological polar surface area (TPSA) is 70.2 Å². The molecule has 0 radical (unpaired) electrons. The summed E-state index contributed by atoms with van der Waals surface area (Å²) in [7, 11) is 1.74. The standard InChI is InChI=1S/C13H17N3O2S/c1-13(2,14-3)12(18)15-8-4-5-10-9(6-8)16-11(17)7-19-10/h4-6,14H,7H2,1-3H3,(H,15,18)(H,16,17). The van der Waals surface area contributed by atoms with Crippen molar-refractivity contribution in [3.8, 4) is 0 Å². The molecular formula is C13H17N3O2S. The van der Waals surface area contributed by atoms with Gasteiger partial charge in [0.1, 0.15) is 0 Å². The van der Waals surface area contributed by atoms with E-state index in [2.05, 4.69) is 16.0 Å². The van der Waals surface area contributed by atoms with Gasteiger partial charge in [-0.15, -0.1) is 11.8 Å². The number of fused-ring (bicyclic) bond motifs is 1. The van der Waals surface area contributed by atoms with Crippen LogP contribution in [0.25, 0.3) is 0 Å². The molecule has 1 aliphatic heterocycles. The maximum atomic E-state index is 12.0. The molecule has 1 aromatic rings. The number of carbonyl (C=O) groups excluding carboxylic acids is 2. The van der Waals surface area contributed by atoms with Gasteiger partial charge in [0.25, 0.3) is 0 Å². The van der Waals surface area contributed by atoms with Gasteiger partial charge in [-0.1, -0.05) is 0 Å². The van der Waals surface area contributed by atoms with E-state index in [1.54, 1.807) is 27.0 Å². The van der Waals surface area contributed by atoms with Crippen molar-refractivity contribution in [2.45, 2.75) is 24.3 Å². The fraction of sp³-hybridized carbons (Fsp3) is 0.385. The molecule has 3 N–H and O–H groups in total. The number of thioether (sulfide) groups is 1. The van der Waals surface area contributed by atoms with Gasteiger partial charge in [0.2, 0.25) is 11.8 Å². The molecular weight excluding hydrogens is 262 g/mol. The Morgan fingerprint density at radius 1 is 1.42 bits per heavy atom. The van der Waals surface area contributed by atoms with Crippen molar-refractivity contribution in [2.75, 3.05) is 23.4 Å². The summed E-state index contributed by atoms with van der Waals surface area (Å²) in [4.78, 5) is 24.4. The summed E-state index contributed by atoms with van der Waals surface area (Å²) in [6.45, 7) is 3.61. The first-order valence-electron chi connectivity index (χ1n) is 5.99. The lowest BCUT2D eigenvalue weighted by Crippen LogP contribution is -2.47. The van der Waals surface area contributed by atoms with Crippen LogP contribution < -0.4 is 16.0 Å². The van der Waals surface area contributed by atoms with E-state index < -0.39 is 5.54 Å². The molecule has 0 aromatic heterocycles. The zero-order valence-electron chi connectivity index (χ0n) is 11.2. The van der Waals surface area contributed by atoms with Crippen molar-refractivity contribution in [2.24, 2.45) is 0 Å². The molecule has 0 fully saturated rings. The number of rotatable bonds is 3. The van der Waals surface area contributed by atoms with E-state index in [1.165, 1.54) is 11.8 Å². The van der Waals surface area contributed by atoms with Crippen LogP contribution in [0.4, 0.5) is 11.4 Å². The number of likely N-dealkylation sites (N-methyl/N-ethyl adjacent to an activating group) is 1. The van der Waals surface area contributed by atoms with Crippen LogP contribution in [0.2, 0.25) is 0 Å². The van der Waals surface area contributed by atoms with Crippen LogP contribution in [0, 0.1) is 0 Å². The SMILES string of the molecule is CNC(C)(C)C(=O)Nc1ccc2c(c1)NC(=O)CS2. The Balaban J connectivity index is 2.17. The van der Waals surface area contributed by atoms with Crippen LogP contribution in [0.5, 0.6) is 0 Å². The van der Waals surface area contributed by atoms with Crippen molar-refractivity contribution in [1.29, 1.82) is 0 Å². The maximum Gasteiger partial charge on any atom is 0.244 e. The summed E-state index contributed by atoms with van der Waals surface area (Å²) in [5, 5.41) is 8.58. The fourth-order valence-electron chi connectivity index (χ4n) is 1.56. The number of nitrogens with one attached hydrogen (secondary N) is 3. The van der Waals surface area contributed by atoms with Gasteiger partial charge in [-0.05, 0) is 39.1 Å². The van der Waals surface area contributed by atoms with Crippen LogP contribution in [0.15, 0.2) is 23.1 Å². The largest absolute Gasteiger partial charge is 0.324 e. The number of anilines is 2. The van der Waals surface area contributed by atoms with Gasteiger partial charge in [0.15, 0.2) is 0 Å². The van der Waals surface area contributed by atoms with E-state index >= 15 is 0 Å². The molecule has 6 heteroatoms. The van der Waals surface area contributed by atoms with E-state index in [0.29, 0.717) is 11.4 Å². The molecule has 2 amide bonds. The Hall–Kier alpha value is -1.53. The molecule has 5 nitrogen and oxygen atoms in total. The first kappa shape index (κ1) is 13.9. The molecule has 0 saturated heterocycles. The molecule has 0 unspecified atom stereocenters. The fourth-order valence-corrected chi connectivity index (χ4v) is 2.35. The normalized spacial score (nSPS) is 14.6. The predicted molar refractivity (Wildman–Crippen MR) is 77.6 cm³/mol. The van der Waals surface area contributed by atoms with Gasteiger partial charge >= 0.3 is 0 Å². The summed E-state index contributed by atoms with van der Waals surface area (Å²) >= 11 is 1.50. The molecule has 0 saturated carbocycles. The first-order valence-corrected chi connectivity index (χ1v) is 6.98. The highest BCUT2D eigenvalue weighted by molar-refractivity contribution is 8.00. The molecule has 1 heterocycles. The Labute approximate surface area is 116 Å². The highest BCUT2D eigenvalue weighted by Crippen LogP contribution is 2.33. The van der Waals surface area contributed by atoms with Gasteiger partial charge in [0.05, 0.1) is 17.0 Å². The predicted octanol–water partition coefficient (Wildman–Crippen LogP) is 1.67. The Bertz CT molecular complexity index is 529. The molecule has 19 heavy (non-hydrogen) atoms. The third-order valence-electron chi connectivity index (χ3n) is 3.06. The van der Waals surface area contributed by atoms with E-state index in [1.807, 2.05) is 12.1 Å². The van der Waals surface area contributed by atoms with E-state index in [4.69, 9.17) is 0 Å². The minimum absolute atomic E-state index is 0.0171. The summed E-state index contributed by atoms with van der Waals surface area (Å²) in [6.07, 6.45) is 0. The van der Waals surface area contributed by atoms with Crippen LogP contribution in [0.3, 0.4) is 0 Å². The van der Waals surface area contributed by atoms with Crippen molar-refractivity contribution in [3.63, 3.8) is 0 Å². The van der Waals surface area contributed by atoms with E-state index in [9.17, 15) is 9.59 Å². The van der Waals surface area contributed by atoms with Crippen LogP contribution in [-0.2, 0) is 9.59 Å². The highest BCUT2D eigenvalue weighted by atomic mass is 32.2. The van der Waals surface area contributed by atoms with Gasteiger partial charge in [0, 0.05) is 10.6 Å². The number of hydrogen-bond donors (Lipinski definition) is 3. The van der Waals surface area contributed by atoms with Gasteiger partial charge in [-0.3, -0.25) is 9.59 Å². The van der Waals surface area contributed by atoms with Crippen LogP contribution in [0.1, 0.15) is 13.8 Å². The Kier molecular flexibility index (Phi) is 3.82. The van der Waals surface area contributed by atoms with Crippen molar-refractivity contribution in [1.82, 2.24) is 5.32 Å². The highest BCUT2D eigenvalue weighted by Gasteiger charge is 2.25. The molecule has 0 bridgehead atoms. The second-order valence-corrected chi connectivity index (χ2v) is 5.89. The number of hydrogen-bond acceptors (Lipinski definition) is 4. The second kappa shape index (κ2) is 5.22. The number of carbonyl (C=O) groups is 2. The minimum Gasteiger partial charge on any atom is -0.324 e. The lowest BCUT2D eigenvalue weighted by atomic mass is 10.1. The molecule has 1 aliphatic rings. The second-order valence-electron chi connectivity index (χ2n) is 4.88. The van der Waals surface area contributed by atoms with Crippen LogP contribution in [-0.4, -0.2) is 30.2 Å². The van der Waals surface area contributed by atoms with Gasteiger partial charge < -0.3 is 16.0 Å². The number of amides is 2. The molecule has 1 aromatic carbocycles. The summed E-state index contributed by atoms with van der Waals surface area (Å²) in [5.74, 6) is 0.298. The quantitative estimate of drug-likeness (QED) is 0.787. The molecule has 2 rings (SSSR count). The Morgan fingerprint density at radius 2 is 2.16 bits per heavy atom. The number of benzene rings is 1. The zero-order valence-corrected chi connectivity index (χ0v) is 12.0. The molecule has 0 spiro atoms. The Morgan fingerprint density at radius 3 is 2.84 bits per heavy atom. The molecule has 0 atom stereocenters. The summed E-state index contributed by atoms with van der Waals surface area (Å²) < 4.78 is 0. The van der Waals surface area contributed by atoms with Gasteiger partial charge in [-0.25, -0.2) is 0 Å². The summed E-state index contributed by atoms with van der Waals surface area (Å²) in [5.41, 5.74) is 0.782. The van der Waals surface area contributed by atoms with Crippen molar-refractivity contribution < 1.29 is 9.59 Å². The first-order chi connectivity index (χ1) is 8.92. The minimum atomic E-state index is -0.645. The smallest absolute Gasteiger partial charge is 0.244 e. The molecule has 0 aliphatic carbocycles. The zero-order chi connectivity index (χ0) is 14.0. The van der Waals surface area contributed by atoms with E-state index in [0.717, 1.165) is 10.6 Å². The monoisotopic (exact) mass is 279 g/mol. The average Bonchev–Trinajstić information content (AvgIpc) is 2.38. The van der Waals surface area contributed by atoms with Crippen LogP contribution >= 0.6 is 11.8 Å². The lowest BCUT2D eigenvalue weighted by molar-refractivity contribution is -0.121.